The van der Waals surface area contributed by atoms with Crippen molar-refractivity contribution in [3.63, 3.8) is 0 Å². The summed E-state index contributed by atoms with van der Waals surface area (Å²) in [5.74, 6) is -3.39. The molecule has 2 aromatic carbocycles. The molecule has 0 saturated carbocycles. The molecule has 0 fully saturated rings. The standard InChI is InChI=1S/C30H40O12/c1-5-34-11-13-36-15-17-38-28(31)25-20-23(4)8-10-27(25)42-30(33)29(32)41-26-9-7-22(3)19-24(26)21-40-39-18-16-37-14-12-35-6-2/h7-10,19-20H,5-6,11-18,21H2,1-4H3. The molecule has 0 amide bonds. The lowest BCUT2D eigenvalue weighted by Crippen LogP contribution is -2.26. The SMILES string of the molecule is CCOCCOCCOOCc1cc(C)ccc1OC(=O)C(=O)Oc1ccc(C)cc1C(=O)OCCOCCOCC. The van der Waals surface area contributed by atoms with E-state index in [1.54, 1.807) is 25.1 Å². The highest BCUT2D eigenvalue weighted by atomic mass is 17.2. The molecule has 2 rings (SSSR count). The van der Waals surface area contributed by atoms with E-state index in [2.05, 4.69) is 0 Å². The van der Waals surface area contributed by atoms with Crippen molar-refractivity contribution in [3.8, 4) is 11.5 Å². The van der Waals surface area contributed by atoms with Gasteiger partial charge in [0.25, 0.3) is 0 Å². The van der Waals surface area contributed by atoms with Crippen LogP contribution in [0, 0.1) is 13.8 Å². The Morgan fingerprint density at radius 3 is 1.76 bits per heavy atom. The fourth-order valence-corrected chi connectivity index (χ4v) is 3.35. The lowest BCUT2D eigenvalue weighted by Gasteiger charge is -2.13. The Bertz CT molecular complexity index is 1120. The Balaban J connectivity index is 1.90. The van der Waals surface area contributed by atoms with E-state index < -0.39 is 17.9 Å². The summed E-state index contributed by atoms with van der Waals surface area (Å²) in [7, 11) is 0. The molecule has 2 aromatic rings. The van der Waals surface area contributed by atoms with Crippen LogP contribution in [0.5, 0.6) is 11.5 Å². The minimum atomic E-state index is -1.32. The fourth-order valence-electron chi connectivity index (χ4n) is 3.35. The van der Waals surface area contributed by atoms with Crippen molar-refractivity contribution in [1.29, 1.82) is 0 Å². The average molecular weight is 593 g/mol. The third kappa shape index (κ3) is 13.5. The van der Waals surface area contributed by atoms with E-state index in [1.807, 2.05) is 20.8 Å². The molecule has 0 atom stereocenters. The summed E-state index contributed by atoms with van der Waals surface area (Å²) in [5, 5.41) is 0. The van der Waals surface area contributed by atoms with Gasteiger partial charge in [0, 0.05) is 18.8 Å². The quantitative estimate of drug-likeness (QED) is 0.0556. The summed E-state index contributed by atoms with van der Waals surface area (Å²) in [6.07, 6.45) is 0. The van der Waals surface area contributed by atoms with Crippen LogP contribution in [-0.4, -0.2) is 84.0 Å². The molecule has 0 heterocycles. The van der Waals surface area contributed by atoms with Crippen LogP contribution in [-0.2, 0) is 49.7 Å². The molecule has 232 valence electrons. The van der Waals surface area contributed by atoms with Gasteiger partial charge in [-0.1, -0.05) is 17.7 Å². The van der Waals surface area contributed by atoms with E-state index in [9.17, 15) is 14.4 Å². The largest absolute Gasteiger partial charge is 0.460 e. The molecule has 0 radical (unpaired) electrons. The average Bonchev–Trinajstić information content (AvgIpc) is 2.97. The van der Waals surface area contributed by atoms with Gasteiger partial charge in [-0.2, -0.15) is 0 Å². The van der Waals surface area contributed by atoms with E-state index >= 15 is 0 Å². The second-order valence-corrected chi connectivity index (χ2v) is 8.73. The Hall–Kier alpha value is -3.39. The lowest BCUT2D eigenvalue weighted by atomic mass is 10.1. The Kier molecular flexibility index (Phi) is 17.0. The summed E-state index contributed by atoms with van der Waals surface area (Å²) in [6.45, 7) is 10.9. The monoisotopic (exact) mass is 592 g/mol. The first kappa shape index (κ1) is 34.8. The molecule has 0 spiro atoms. The zero-order valence-electron chi connectivity index (χ0n) is 24.6. The van der Waals surface area contributed by atoms with E-state index in [0.717, 1.165) is 11.1 Å². The number of benzene rings is 2. The maximum absolute atomic E-state index is 12.6. The zero-order valence-corrected chi connectivity index (χ0v) is 24.6. The number of carbonyl (C=O) groups excluding carboxylic acids is 3. The summed E-state index contributed by atoms with van der Waals surface area (Å²) < 4.78 is 36.7. The zero-order chi connectivity index (χ0) is 30.6. The highest BCUT2D eigenvalue weighted by Gasteiger charge is 2.24. The van der Waals surface area contributed by atoms with Gasteiger partial charge in [-0.05, 0) is 57.5 Å². The van der Waals surface area contributed by atoms with Gasteiger partial charge < -0.3 is 33.2 Å². The third-order valence-corrected chi connectivity index (χ3v) is 5.36. The van der Waals surface area contributed by atoms with Crippen LogP contribution < -0.4 is 9.47 Å². The first-order chi connectivity index (χ1) is 20.3. The molecule has 42 heavy (non-hydrogen) atoms. The minimum absolute atomic E-state index is 0.0166. The lowest BCUT2D eigenvalue weighted by molar-refractivity contribution is -0.308. The van der Waals surface area contributed by atoms with Gasteiger partial charge in [-0.3, -0.25) is 0 Å². The molecule has 0 aliphatic heterocycles. The molecule has 0 N–H and O–H groups in total. The van der Waals surface area contributed by atoms with Crippen LogP contribution in [0.1, 0.15) is 40.9 Å². The minimum Gasteiger partial charge on any atom is -0.460 e. The van der Waals surface area contributed by atoms with Crippen molar-refractivity contribution in [1.82, 2.24) is 0 Å². The summed E-state index contributed by atoms with van der Waals surface area (Å²) >= 11 is 0. The van der Waals surface area contributed by atoms with E-state index in [0.29, 0.717) is 51.8 Å². The molecule has 0 bridgehead atoms. The van der Waals surface area contributed by atoms with Crippen molar-refractivity contribution in [2.75, 3.05) is 66.1 Å². The van der Waals surface area contributed by atoms with Crippen molar-refractivity contribution < 1.29 is 57.3 Å². The van der Waals surface area contributed by atoms with E-state index in [4.69, 9.17) is 42.9 Å². The van der Waals surface area contributed by atoms with Crippen molar-refractivity contribution in [2.24, 2.45) is 0 Å². The predicted octanol–water partition coefficient (Wildman–Crippen LogP) is 3.53. The van der Waals surface area contributed by atoms with Crippen LogP contribution in [0.3, 0.4) is 0 Å². The summed E-state index contributed by atoms with van der Waals surface area (Å²) in [4.78, 5) is 48.2. The fraction of sp³-hybridized carbons (Fsp3) is 0.500. The van der Waals surface area contributed by atoms with Gasteiger partial charge in [-0.25, -0.2) is 24.2 Å². The maximum atomic E-state index is 12.6. The van der Waals surface area contributed by atoms with Gasteiger partial charge in [0.05, 0.1) is 39.6 Å². The molecule has 0 aliphatic rings. The number of rotatable bonds is 20. The van der Waals surface area contributed by atoms with Crippen molar-refractivity contribution in [3.05, 3.63) is 58.7 Å². The summed E-state index contributed by atoms with van der Waals surface area (Å²) in [6, 6.07) is 9.48. The first-order valence-electron chi connectivity index (χ1n) is 13.7. The molecule has 0 aliphatic carbocycles. The van der Waals surface area contributed by atoms with Crippen LogP contribution in [0.25, 0.3) is 0 Å². The Morgan fingerprint density at radius 1 is 0.595 bits per heavy atom. The number of hydrogen-bond acceptors (Lipinski definition) is 12. The number of carbonyl (C=O) groups is 3. The van der Waals surface area contributed by atoms with Crippen LogP contribution >= 0.6 is 0 Å². The Morgan fingerprint density at radius 2 is 1.12 bits per heavy atom. The maximum Gasteiger partial charge on any atom is 0.423 e. The molecule has 12 heteroatoms. The normalized spacial score (nSPS) is 10.9. The predicted molar refractivity (Wildman–Crippen MR) is 149 cm³/mol. The van der Waals surface area contributed by atoms with Crippen LogP contribution in [0.15, 0.2) is 36.4 Å². The Labute approximate surface area is 245 Å². The number of esters is 3. The number of hydrogen-bond donors (Lipinski definition) is 0. The van der Waals surface area contributed by atoms with Crippen molar-refractivity contribution in [2.45, 2.75) is 34.3 Å². The molecular weight excluding hydrogens is 552 g/mol. The van der Waals surface area contributed by atoms with E-state index in [1.165, 1.54) is 18.2 Å². The third-order valence-electron chi connectivity index (χ3n) is 5.36. The molecule has 12 nitrogen and oxygen atoms in total. The second-order valence-electron chi connectivity index (χ2n) is 8.73. The van der Waals surface area contributed by atoms with Gasteiger partial charge in [0.15, 0.2) is 0 Å². The molecular formula is C30H40O12. The second kappa shape index (κ2) is 20.5. The first-order valence-corrected chi connectivity index (χ1v) is 13.7. The summed E-state index contributed by atoms with van der Waals surface area (Å²) in [5.41, 5.74) is 2.05. The topological polar surface area (TPSA) is 134 Å². The van der Waals surface area contributed by atoms with E-state index in [-0.39, 0.29) is 43.5 Å². The van der Waals surface area contributed by atoms with Crippen LogP contribution in [0.4, 0.5) is 0 Å². The van der Waals surface area contributed by atoms with Gasteiger partial charge in [0.1, 0.15) is 36.9 Å². The number of aryl methyl sites for hydroxylation is 2. The highest BCUT2D eigenvalue weighted by Crippen LogP contribution is 2.24. The molecule has 0 saturated heterocycles. The smallest absolute Gasteiger partial charge is 0.423 e. The molecule has 0 aromatic heterocycles. The van der Waals surface area contributed by atoms with Gasteiger partial charge in [-0.15, -0.1) is 0 Å². The highest BCUT2D eigenvalue weighted by molar-refractivity contribution is 6.31. The van der Waals surface area contributed by atoms with Crippen LogP contribution in [0.2, 0.25) is 0 Å². The number of ether oxygens (including phenoxy) is 7. The van der Waals surface area contributed by atoms with Crippen molar-refractivity contribution >= 4 is 17.9 Å². The molecule has 0 unspecified atom stereocenters. The van der Waals surface area contributed by atoms with Gasteiger partial charge >= 0.3 is 17.9 Å². The van der Waals surface area contributed by atoms with Gasteiger partial charge in [0.2, 0.25) is 0 Å².